The minimum atomic E-state index is 0.134. The summed E-state index contributed by atoms with van der Waals surface area (Å²) in [5.41, 5.74) is 3.89. The Morgan fingerprint density at radius 3 is 2.91 bits per heavy atom. The smallest absolute Gasteiger partial charge is 0.165 e. The average Bonchev–Trinajstić information content (AvgIpc) is 3.28. The molecule has 0 bridgehead atoms. The maximum atomic E-state index is 6.02. The summed E-state index contributed by atoms with van der Waals surface area (Å²) in [5.74, 6) is 0.980. The summed E-state index contributed by atoms with van der Waals surface area (Å²) in [6, 6.07) is 7.12. The SMILES string of the molecule is Cc1ccc(C2CN(Cc3nnnn3C3CC3)CCO2)c(C)c1. The molecule has 1 unspecified atom stereocenters. The molecule has 1 atom stereocenters. The van der Waals surface area contributed by atoms with Crippen LogP contribution in [0.5, 0.6) is 0 Å². The third-order valence-corrected chi connectivity index (χ3v) is 4.74. The van der Waals surface area contributed by atoms with Gasteiger partial charge in [-0.05, 0) is 48.2 Å². The summed E-state index contributed by atoms with van der Waals surface area (Å²) >= 11 is 0. The van der Waals surface area contributed by atoms with Crippen molar-refractivity contribution in [3.8, 4) is 0 Å². The maximum Gasteiger partial charge on any atom is 0.165 e. The van der Waals surface area contributed by atoms with Crippen molar-refractivity contribution in [3.63, 3.8) is 0 Å². The van der Waals surface area contributed by atoms with Gasteiger partial charge in [-0.15, -0.1) is 5.10 Å². The molecule has 2 heterocycles. The van der Waals surface area contributed by atoms with Gasteiger partial charge in [0.1, 0.15) is 0 Å². The van der Waals surface area contributed by atoms with Crippen molar-refractivity contribution in [2.75, 3.05) is 19.7 Å². The lowest BCUT2D eigenvalue weighted by atomic mass is 10.00. The van der Waals surface area contributed by atoms with Gasteiger partial charge in [-0.2, -0.15) is 0 Å². The highest BCUT2D eigenvalue weighted by atomic mass is 16.5. The summed E-state index contributed by atoms with van der Waals surface area (Å²) in [6.45, 7) is 7.67. The third kappa shape index (κ3) is 3.14. The van der Waals surface area contributed by atoms with E-state index in [1.165, 1.54) is 29.5 Å². The molecule has 4 rings (SSSR count). The number of rotatable bonds is 4. The summed E-state index contributed by atoms with van der Waals surface area (Å²) in [5, 5.41) is 12.2. The largest absolute Gasteiger partial charge is 0.371 e. The van der Waals surface area contributed by atoms with Crippen molar-refractivity contribution in [1.82, 2.24) is 25.1 Å². The van der Waals surface area contributed by atoms with E-state index in [1.54, 1.807) is 0 Å². The molecule has 1 saturated heterocycles. The van der Waals surface area contributed by atoms with E-state index in [9.17, 15) is 0 Å². The first-order chi connectivity index (χ1) is 11.2. The highest BCUT2D eigenvalue weighted by molar-refractivity contribution is 5.32. The molecular weight excluding hydrogens is 290 g/mol. The Hall–Kier alpha value is -1.79. The fourth-order valence-electron chi connectivity index (χ4n) is 3.34. The molecule has 1 saturated carbocycles. The molecular formula is C17H23N5O. The van der Waals surface area contributed by atoms with Crippen molar-refractivity contribution >= 4 is 0 Å². The number of tetrazole rings is 1. The molecule has 1 aromatic carbocycles. The quantitative estimate of drug-likeness (QED) is 0.866. The Kier molecular flexibility index (Phi) is 3.87. The fourth-order valence-corrected chi connectivity index (χ4v) is 3.34. The zero-order valence-corrected chi connectivity index (χ0v) is 13.8. The molecule has 2 aromatic rings. The van der Waals surface area contributed by atoms with E-state index >= 15 is 0 Å². The van der Waals surface area contributed by atoms with Crippen LogP contribution in [0, 0.1) is 13.8 Å². The van der Waals surface area contributed by atoms with E-state index < -0.39 is 0 Å². The molecule has 122 valence electrons. The predicted octanol–water partition coefficient (Wildman–Crippen LogP) is 2.20. The minimum Gasteiger partial charge on any atom is -0.371 e. The van der Waals surface area contributed by atoms with Crippen LogP contribution in [0.3, 0.4) is 0 Å². The number of hydrogen-bond acceptors (Lipinski definition) is 5. The van der Waals surface area contributed by atoms with Gasteiger partial charge in [0.15, 0.2) is 5.82 Å². The summed E-state index contributed by atoms with van der Waals surface area (Å²) in [7, 11) is 0. The van der Waals surface area contributed by atoms with Crippen molar-refractivity contribution in [1.29, 1.82) is 0 Å². The Morgan fingerprint density at radius 2 is 2.13 bits per heavy atom. The number of aryl methyl sites for hydroxylation is 2. The van der Waals surface area contributed by atoms with Crippen molar-refractivity contribution in [2.24, 2.45) is 0 Å². The van der Waals surface area contributed by atoms with Gasteiger partial charge < -0.3 is 4.74 Å². The lowest BCUT2D eigenvalue weighted by Gasteiger charge is -2.33. The van der Waals surface area contributed by atoms with E-state index in [0.29, 0.717) is 6.04 Å². The fraction of sp³-hybridized carbons (Fsp3) is 0.588. The van der Waals surface area contributed by atoms with Crippen molar-refractivity contribution < 1.29 is 4.74 Å². The van der Waals surface area contributed by atoms with E-state index in [0.717, 1.165) is 32.1 Å². The van der Waals surface area contributed by atoms with Crippen LogP contribution in [-0.4, -0.2) is 44.8 Å². The van der Waals surface area contributed by atoms with Crippen LogP contribution in [-0.2, 0) is 11.3 Å². The molecule has 1 aromatic heterocycles. The standard InChI is InChI=1S/C17H23N5O/c1-12-3-6-15(13(2)9-12)16-10-21(7-8-23-16)11-17-18-19-20-22(17)14-4-5-14/h3,6,9,14,16H,4-5,7-8,10-11H2,1-2H3. The number of aromatic nitrogens is 4. The van der Waals surface area contributed by atoms with E-state index in [-0.39, 0.29) is 6.10 Å². The maximum absolute atomic E-state index is 6.02. The van der Waals surface area contributed by atoms with Crippen LogP contribution < -0.4 is 0 Å². The first-order valence-electron chi connectivity index (χ1n) is 8.38. The Balaban J connectivity index is 1.47. The second-order valence-corrected chi connectivity index (χ2v) is 6.73. The van der Waals surface area contributed by atoms with Crippen molar-refractivity contribution in [2.45, 2.75) is 45.4 Å². The zero-order chi connectivity index (χ0) is 15.8. The minimum absolute atomic E-state index is 0.134. The van der Waals surface area contributed by atoms with Gasteiger partial charge in [-0.1, -0.05) is 23.8 Å². The number of ether oxygens (including phenoxy) is 1. The van der Waals surface area contributed by atoms with Gasteiger partial charge in [0.05, 0.1) is 25.3 Å². The van der Waals surface area contributed by atoms with Crippen molar-refractivity contribution in [3.05, 3.63) is 40.7 Å². The third-order valence-electron chi connectivity index (χ3n) is 4.74. The molecule has 0 N–H and O–H groups in total. The summed E-state index contributed by atoms with van der Waals surface area (Å²) < 4.78 is 8.03. The highest BCUT2D eigenvalue weighted by Crippen LogP contribution is 2.34. The Morgan fingerprint density at radius 1 is 1.26 bits per heavy atom. The number of nitrogens with zero attached hydrogens (tertiary/aromatic N) is 5. The molecule has 2 aliphatic rings. The average molecular weight is 313 g/mol. The van der Waals surface area contributed by atoms with Gasteiger partial charge >= 0.3 is 0 Å². The van der Waals surface area contributed by atoms with E-state index in [4.69, 9.17) is 4.74 Å². The normalized spacial score (nSPS) is 22.4. The van der Waals surface area contributed by atoms with Gasteiger partial charge in [0.2, 0.25) is 0 Å². The van der Waals surface area contributed by atoms with E-state index in [1.807, 2.05) is 4.68 Å². The van der Waals surface area contributed by atoms with Gasteiger partial charge in [-0.3, -0.25) is 4.90 Å². The monoisotopic (exact) mass is 313 g/mol. The van der Waals surface area contributed by atoms with Gasteiger partial charge in [0.25, 0.3) is 0 Å². The molecule has 6 heteroatoms. The molecule has 0 spiro atoms. The number of hydrogen-bond donors (Lipinski definition) is 0. The van der Waals surface area contributed by atoms with Gasteiger partial charge in [0, 0.05) is 13.1 Å². The molecule has 0 radical (unpaired) electrons. The molecule has 1 aliphatic heterocycles. The molecule has 0 amide bonds. The van der Waals surface area contributed by atoms with Crippen LogP contribution >= 0.6 is 0 Å². The molecule has 1 aliphatic carbocycles. The zero-order valence-electron chi connectivity index (χ0n) is 13.8. The van der Waals surface area contributed by atoms with Crippen LogP contribution in [0.1, 0.15) is 47.5 Å². The van der Waals surface area contributed by atoms with Crippen LogP contribution in [0.2, 0.25) is 0 Å². The number of benzene rings is 1. The summed E-state index contributed by atoms with van der Waals surface area (Å²) in [4.78, 5) is 2.40. The van der Waals surface area contributed by atoms with Gasteiger partial charge in [-0.25, -0.2) is 4.68 Å². The first kappa shape index (κ1) is 14.8. The lowest BCUT2D eigenvalue weighted by molar-refractivity contribution is -0.0343. The molecule has 2 fully saturated rings. The molecule has 23 heavy (non-hydrogen) atoms. The topological polar surface area (TPSA) is 56.1 Å². The van der Waals surface area contributed by atoms with Crippen LogP contribution in [0.25, 0.3) is 0 Å². The first-order valence-corrected chi connectivity index (χ1v) is 8.38. The molecule has 6 nitrogen and oxygen atoms in total. The number of morpholine rings is 1. The lowest BCUT2D eigenvalue weighted by Crippen LogP contribution is -2.38. The van der Waals surface area contributed by atoms with Crippen LogP contribution in [0.15, 0.2) is 18.2 Å². The highest BCUT2D eigenvalue weighted by Gasteiger charge is 2.30. The Bertz CT molecular complexity index is 694. The van der Waals surface area contributed by atoms with E-state index in [2.05, 4.69) is 52.5 Å². The second-order valence-electron chi connectivity index (χ2n) is 6.73. The predicted molar refractivity (Wildman–Crippen MR) is 86.0 cm³/mol. The Labute approximate surface area is 136 Å². The van der Waals surface area contributed by atoms with Crippen LogP contribution in [0.4, 0.5) is 0 Å². The second kappa shape index (κ2) is 6.02. The summed E-state index contributed by atoms with van der Waals surface area (Å²) in [6.07, 6.45) is 2.54.